The molecule has 0 radical (unpaired) electrons. The maximum Gasteiger partial charge on any atom is 0.248 e. The molecule has 154 valence electrons. The average molecular weight is 393 g/mol. The number of carbonyl (C=O) groups is 1. The number of hydrogen-bond donors (Lipinski definition) is 0. The lowest BCUT2D eigenvalue weighted by molar-refractivity contribution is -0.136. The molecule has 0 spiro atoms. The summed E-state index contributed by atoms with van der Waals surface area (Å²) >= 11 is 0. The Morgan fingerprint density at radius 3 is 2.59 bits per heavy atom. The van der Waals surface area contributed by atoms with E-state index in [1.54, 1.807) is 7.11 Å². The van der Waals surface area contributed by atoms with Gasteiger partial charge in [0.15, 0.2) is 0 Å². The van der Waals surface area contributed by atoms with E-state index < -0.39 is 0 Å². The Kier molecular flexibility index (Phi) is 6.31. The van der Waals surface area contributed by atoms with E-state index in [-0.39, 0.29) is 12.5 Å². The summed E-state index contributed by atoms with van der Waals surface area (Å²) in [7, 11) is 1.57. The van der Waals surface area contributed by atoms with Gasteiger partial charge in [-0.05, 0) is 67.0 Å². The Morgan fingerprint density at radius 2 is 1.86 bits per heavy atom. The zero-order valence-corrected chi connectivity index (χ0v) is 17.7. The first-order valence-corrected chi connectivity index (χ1v) is 10.9. The molecule has 2 aromatic carbocycles. The molecule has 0 N–H and O–H groups in total. The van der Waals surface area contributed by atoms with Gasteiger partial charge in [0, 0.05) is 32.8 Å². The first kappa shape index (κ1) is 20.1. The van der Waals surface area contributed by atoms with E-state index in [0.29, 0.717) is 6.54 Å². The van der Waals surface area contributed by atoms with E-state index in [2.05, 4.69) is 54.3 Å². The number of rotatable bonds is 6. The van der Waals surface area contributed by atoms with Crippen LogP contribution in [0.15, 0.2) is 42.5 Å². The van der Waals surface area contributed by atoms with Crippen LogP contribution in [0.5, 0.6) is 0 Å². The predicted molar refractivity (Wildman–Crippen MR) is 117 cm³/mol. The summed E-state index contributed by atoms with van der Waals surface area (Å²) in [6.07, 6.45) is 4.72. The highest BCUT2D eigenvalue weighted by Crippen LogP contribution is 2.27. The highest BCUT2D eigenvalue weighted by molar-refractivity contribution is 5.78. The van der Waals surface area contributed by atoms with Gasteiger partial charge in [-0.3, -0.25) is 4.79 Å². The molecule has 0 saturated carbocycles. The lowest BCUT2D eigenvalue weighted by Gasteiger charge is -2.29. The molecule has 2 aliphatic rings. The summed E-state index contributed by atoms with van der Waals surface area (Å²) in [6, 6.07) is 16.5. The van der Waals surface area contributed by atoms with Crippen molar-refractivity contribution in [1.82, 2.24) is 9.80 Å². The molecule has 4 rings (SSSR count). The normalized spacial score (nSPS) is 19.4. The largest absolute Gasteiger partial charge is 0.375 e. The fourth-order valence-electron chi connectivity index (χ4n) is 4.62. The number of amides is 1. The first-order valence-electron chi connectivity index (χ1n) is 10.9. The Morgan fingerprint density at radius 1 is 1.07 bits per heavy atom. The molecule has 1 fully saturated rings. The Hall–Kier alpha value is -2.17. The number of benzene rings is 2. The van der Waals surface area contributed by atoms with Gasteiger partial charge in [0.2, 0.25) is 5.91 Å². The maximum absolute atomic E-state index is 12.1. The van der Waals surface area contributed by atoms with Crippen molar-refractivity contribution in [2.75, 3.05) is 33.4 Å². The Labute approximate surface area is 174 Å². The van der Waals surface area contributed by atoms with Crippen LogP contribution in [-0.4, -0.2) is 55.1 Å². The van der Waals surface area contributed by atoms with Crippen LogP contribution in [0.3, 0.4) is 0 Å². The second-order valence-corrected chi connectivity index (χ2v) is 8.46. The Bertz CT molecular complexity index is 846. The third-order valence-electron chi connectivity index (χ3n) is 6.50. The van der Waals surface area contributed by atoms with Gasteiger partial charge in [-0.25, -0.2) is 0 Å². The quantitative estimate of drug-likeness (QED) is 0.747. The highest BCUT2D eigenvalue weighted by atomic mass is 16.5. The zero-order chi connectivity index (χ0) is 20.2. The predicted octanol–water partition coefficient (Wildman–Crippen LogP) is 3.91. The van der Waals surface area contributed by atoms with Crippen molar-refractivity contribution in [2.24, 2.45) is 0 Å². The fraction of sp³-hybridized carbons (Fsp3) is 0.480. The molecule has 2 aliphatic heterocycles. The van der Waals surface area contributed by atoms with Crippen molar-refractivity contribution in [3.8, 4) is 11.1 Å². The Balaban J connectivity index is 1.40. The molecule has 1 atom stereocenters. The van der Waals surface area contributed by atoms with Crippen LogP contribution in [-0.2, 0) is 28.9 Å². The minimum absolute atomic E-state index is 0.0705. The second-order valence-electron chi connectivity index (χ2n) is 8.46. The smallest absolute Gasteiger partial charge is 0.248 e. The van der Waals surface area contributed by atoms with Crippen molar-refractivity contribution < 1.29 is 9.53 Å². The molecular weight excluding hydrogens is 360 g/mol. The molecule has 29 heavy (non-hydrogen) atoms. The van der Waals surface area contributed by atoms with E-state index in [4.69, 9.17) is 4.74 Å². The third-order valence-corrected chi connectivity index (χ3v) is 6.50. The fourth-order valence-corrected chi connectivity index (χ4v) is 4.62. The molecule has 1 amide bonds. The lowest BCUT2D eigenvalue weighted by Crippen LogP contribution is -2.38. The molecule has 4 nitrogen and oxygen atoms in total. The molecule has 0 aliphatic carbocycles. The number of methoxy groups -OCH3 is 1. The van der Waals surface area contributed by atoms with Crippen LogP contribution in [0, 0.1) is 0 Å². The molecule has 0 aromatic heterocycles. The summed E-state index contributed by atoms with van der Waals surface area (Å²) < 4.78 is 4.99. The number of fused-ring (bicyclic) bond motifs is 1. The third kappa shape index (κ3) is 4.71. The molecule has 2 heterocycles. The van der Waals surface area contributed by atoms with Gasteiger partial charge in [-0.2, -0.15) is 0 Å². The number of carbonyl (C=O) groups excluding carboxylic acids is 1. The summed E-state index contributed by atoms with van der Waals surface area (Å²) in [6.45, 7) is 6.38. The van der Waals surface area contributed by atoms with Gasteiger partial charge in [0.1, 0.15) is 6.61 Å². The van der Waals surface area contributed by atoms with E-state index in [1.807, 2.05) is 4.90 Å². The van der Waals surface area contributed by atoms with Crippen LogP contribution in [0.25, 0.3) is 11.1 Å². The van der Waals surface area contributed by atoms with Gasteiger partial charge in [-0.1, -0.05) is 42.5 Å². The number of likely N-dealkylation sites (tertiary alicyclic amines) is 1. The topological polar surface area (TPSA) is 32.8 Å². The summed E-state index contributed by atoms with van der Waals surface area (Å²) in [4.78, 5) is 16.6. The summed E-state index contributed by atoms with van der Waals surface area (Å²) in [5.74, 6) is 0.0705. The van der Waals surface area contributed by atoms with Gasteiger partial charge >= 0.3 is 0 Å². The summed E-state index contributed by atoms with van der Waals surface area (Å²) in [5.41, 5.74) is 6.55. The van der Waals surface area contributed by atoms with Crippen LogP contribution in [0.1, 0.15) is 36.5 Å². The molecule has 0 unspecified atom stereocenters. The van der Waals surface area contributed by atoms with Crippen molar-refractivity contribution in [3.05, 3.63) is 59.2 Å². The van der Waals surface area contributed by atoms with Gasteiger partial charge in [0.05, 0.1) is 0 Å². The zero-order valence-electron chi connectivity index (χ0n) is 17.7. The maximum atomic E-state index is 12.1. The standard InChI is InChI=1S/C25H32N2O2/c1-19-4-3-13-26(19)14-11-20-5-7-21(8-6-20)22-9-10-24-17-27(25(28)18-29-2)15-12-23(24)16-22/h5-10,16,19H,3-4,11-15,17-18H2,1-2H3/t19-/m1/s1. The van der Waals surface area contributed by atoms with E-state index in [0.717, 1.165) is 32.0 Å². The van der Waals surface area contributed by atoms with E-state index in [9.17, 15) is 4.79 Å². The average Bonchev–Trinajstić information content (AvgIpc) is 3.17. The van der Waals surface area contributed by atoms with Gasteiger partial charge < -0.3 is 14.5 Å². The SMILES string of the molecule is COCC(=O)N1CCc2cc(-c3ccc(CCN4CCC[C@H]4C)cc3)ccc2C1. The van der Waals surface area contributed by atoms with Gasteiger partial charge in [0.25, 0.3) is 0 Å². The molecular formula is C25H32N2O2. The molecule has 0 bridgehead atoms. The summed E-state index contributed by atoms with van der Waals surface area (Å²) in [5, 5.41) is 0. The lowest BCUT2D eigenvalue weighted by atomic mass is 9.94. The number of ether oxygens (including phenoxy) is 1. The number of nitrogens with zero attached hydrogens (tertiary/aromatic N) is 2. The van der Waals surface area contributed by atoms with E-state index in [1.165, 1.54) is 47.2 Å². The van der Waals surface area contributed by atoms with Crippen molar-refractivity contribution in [1.29, 1.82) is 0 Å². The van der Waals surface area contributed by atoms with Crippen molar-refractivity contribution >= 4 is 5.91 Å². The van der Waals surface area contributed by atoms with Crippen molar-refractivity contribution in [3.63, 3.8) is 0 Å². The van der Waals surface area contributed by atoms with E-state index >= 15 is 0 Å². The molecule has 2 aromatic rings. The minimum Gasteiger partial charge on any atom is -0.375 e. The van der Waals surface area contributed by atoms with Crippen LogP contribution < -0.4 is 0 Å². The van der Waals surface area contributed by atoms with Crippen LogP contribution >= 0.6 is 0 Å². The highest BCUT2D eigenvalue weighted by Gasteiger charge is 2.21. The van der Waals surface area contributed by atoms with Crippen LogP contribution in [0.2, 0.25) is 0 Å². The minimum atomic E-state index is 0.0705. The molecule has 4 heteroatoms. The molecule has 1 saturated heterocycles. The van der Waals surface area contributed by atoms with Gasteiger partial charge in [-0.15, -0.1) is 0 Å². The van der Waals surface area contributed by atoms with Crippen LogP contribution in [0.4, 0.5) is 0 Å². The second kappa shape index (κ2) is 9.10. The monoisotopic (exact) mass is 392 g/mol. The van der Waals surface area contributed by atoms with Crippen molar-refractivity contribution in [2.45, 2.75) is 45.2 Å². The number of hydrogen-bond acceptors (Lipinski definition) is 3. The first-order chi connectivity index (χ1) is 14.1.